The summed E-state index contributed by atoms with van der Waals surface area (Å²) in [6.07, 6.45) is 0.639. The van der Waals surface area contributed by atoms with Crippen LogP contribution in [0.5, 0.6) is 0 Å². The summed E-state index contributed by atoms with van der Waals surface area (Å²) in [6, 6.07) is 15.4. The van der Waals surface area contributed by atoms with Gasteiger partial charge in [-0.25, -0.2) is 9.59 Å². The quantitative estimate of drug-likeness (QED) is 0.446. The fourth-order valence-electron chi connectivity index (χ4n) is 4.55. The first-order valence-corrected chi connectivity index (χ1v) is 12.2. The number of nitrogens with one attached hydrogen (secondary N) is 2. The average molecular weight is 481 g/mol. The smallest absolute Gasteiger partial charge is 0.407 e. The number of ether oxygens (including phenoxy) is 1. The molecule has 2 aromatic rings. The number of carboxylic acid groups (broad SMARTS) is 1. The lowest BCUT2D eigenvalue weighted by Gasteiger charge is -2.24. The number of rotatable bonds is 10. The van der Waals surface area contributed by atoms with E-state index in [2.05, 4.69) is 34.9 Å². The van der Waals surface area contributed by atoms with Gasteiger partial charge in [0, 0.05) is 18.9 Å². The summed E-state index contributed by atoms with van der Waals surface area (Å²) in [5.74, 6) is -1.34. The first kappa shape index (κ1) is 26.3. The SMILES string of the molecule is CC(CCNC(=O)OCC1c2ccccc2-c2ccccc21)CC(=O)NC(CC(C)(C)C)C(=O)O. The van der Waals surface area contributed by atoms with Gasteiger partial charge < -0.3 is 20.5 Å². The number of amides is 2. The van der Waals surface area contributed by atoms with E-state index in [9.17, 15) is 19.5 Å². The number of fused-ring (bicyclic) bond motifs is 3. The maximum atomic E-state index is 12.3. The van der Waals surface area contributed by atoms with Gasteiger partial charge in [-0.1, -0.05) is 76.2 Å². The van der Waals surface area contributed by atoms with Crippen LogP contribution in [0.25, 0.3) is 11.1 Å². The monoisotopic (exact) mass is 480 g/mol. The van der Waals surface area contributed by atoms with Crippen molar-refractivity contribution in [3.05, 3.63) is 59.7 Å². The van der Waals surface area contributed by atoms with Gasteiger partial charge in [0.2, 0.25) is 5.91 Å². The lowest BCUT2D eigenvalue weighted by atomic mass is 9.88. The van der Waals surface area contributed by atoms with E-state index in [-0.39, 0.29) is 36.2 Å². The third kappa shape index (κ3) is 7.31. The Kier molecular flexibility index (Phi) is 8.54. The lowest BCUT2D eigenvalue weighted by molar-refractivity contribution is -0.142. The Morgan fingerprint density at radius 1 is 1.00 bits per heavy atom. The van der Waals surface area contributed by atoms with Crippen LogP contribution in [0.4, 0.5) is 4.79 Å². The average Bonchev–Trinajstić information content (AvgIpc) is 3.10. The summed E-state index contributed by atoms with van der Waals surface area (Å²) in [5, 5.41) is 14.8. The maximum Gasteiger partial charge on any atom is 0.407 e. The number of carboxylic acids is 1. The van der Waals surface area contributed by atoms with Gasteiger partial charge >= 0.3 is 12.1 Å². The Morgan fingerprint density at radius 3 is 2.11 bits per heavy atom. The lowest BCUT2D eigenvalue weighted by Crippen LogP contribution is -2.43. The molecule has 7 nitrogen and oxygen atoms in total. The molecule has 0 heterocycles. The van der Waals surface area contributed by atoms with E-state index in [0.717, 1.165) is 11.1 Å². The van der Waals surface area contributed by atoms with Crippen molar-refractivity contribution in [3.8, 4) is 11.1 Å². The minimum Gasteiger partial charge on any atom is -0.480 e. The van der Waals surface area contributed by atoms with Crippen molar-refractivity contribution in [1.29, 1.82) is 0 Å². The van der Waals surface area contributed by atoms with Crippen LogP contribution < -0.4 is 10.6 Å². The molecule has 0 saturated carbocycles. The van der Waals surface area contributed by atoms with E-state index in [4.69, 9.17) is 4.74 Å². The standard InChI is InChI=1S/C28H36N2O5/c1-18(15-25(31)30-24(26(32)33)16-28(2,3)4)13-14-29-27(34)35-17-23-21-11-7-5-9-19(21)20-10-6-8-12-22(20)23/h5-12,18,23-24H,13-17H2,1-4H3,(H,29,34)(H,30,31)(H,32,33). The number of benzene rings is 2. The van der Waals surface area contributed by atoms with Crippen LogP contribution in [0.2, 0.25) is 0 Å². The molecule has 188 valence electrons. The van der Waals surface area contributed by atoms with Crippen LogP contribution in [0.15, 0.2) is 48.5 Å². The van der Waals surface area contributed by atoms with E-state index in [1.54, 1.807) is 0 Å². The highest BCUT2D eigenvalue weighted by atomic mass is 16.5. The summed E-state index contributed by atoms with van der Waals surface area (Å²) < 4.78 is 5.53. The van der Waals surface area contributed by atoms with E-state index >= 15 is 0 Å². The first-order valence-electron chi connectivity index (χ1n) is 12.2. The van der Waals surface area contributed by atoms with Crippen molar-refractivity contribution in [2.45, 2.75) is 58.9 Å². The van der Waals surface area contributed by atoms with Gasteiger partial charge in [0.1, 0.15) is 12.6 Å². The minimum absolute atomic E-state index is 0.00560. The molecular formula is C28H36N2O5. The van der Waals surface area contributed by atoms with Crippen molar-refractivity contribution in [2.24, 2.45) is 11.3 Å². The molecule has 0 aliphatic heterocycles. The van der Waals surface area contributed by atoms with Crippen molar-refractivity contribution in [3.63, 3.8) is 0 Å². The summed E-state index contributed by atoms with van der Waals surface area (Å²) in [7, 11) is 0. The fourth-order valence-corrected chi connectivity index (χ4v) is 4.55. The summed E-state index contributed by atoms with van der Waals surface area (Å²) in [5.41, 5.74) is 4.46. The Hall–Kier alpha value is -3.35. The van der Waals surface area contributed by atoms with Crippen LogP contribution in [-0.4, -0.2) is 42.3 Å². The number of carbonyl (C=O) groups excluding carboxylic acids is 2. The Bertz CT molecular complexity index is 1010. The molecule has 35 heavy (non-hydrogen) atoms. The minimum atomic E-state index is -1.03. The van der Waals surface area contributed by atoms with Crippen LogP contribution in [0.3, 0.4) is 0 Å². The van der Waals surface area contributed by atoms with Crippen LogP contribution >= 0.6 is 0 Å². The van der Waals surface area contributed by atoms with Gasteiger partial charge in [-0.15, -0.1) is 0 Å². The summed E-state index contributed by atoms with van der Waals surface area (Å²) >= 11 is 0. The van der Waals surface area contributed by atoms with E-state index in [1.807, 2.05) is 52.0 Å². The predicted molar refractivity (Wildman–Crippen MR) is 135 cm³/mol. The number of alkyl carbamates (subject to hydrolysis) is 1. The predicted octanol–water partition coefficient (Wildman–Crippen LogP) is 4.95. The highest BCUT2D eigenvalue weighted by Gasteiger charge is 2.29. The molecule has 1 aliphatic rings. The zero-order valence-corrected chi connectivity index (χ0v) is 21.0. The van der Waals surface area contributed by atoms with Crippen molar-refractivity contribution < 1.29 is 24.2 Å². The van der Waals surface area contributed by atoms with Gasteiger partial charge in [-0.3, -0.25) is 4.79 Å². The number of hydrogen-bond acceptors (Lipinski definition) is 4. The second kappa shape index (κ2) is 11.4. The van der Waals surface area contributed by atoms with Crippen molar-refractivity contribution >= 4 is 18.0 Å². The molecule has 0 spiro atoms. The third-order valence-corrected chi connectivity index (χ3v) is 6.23. The fraction of sp³-hybridized carbons (Fsp3) is 0.464. The van der Waals surface area contributed by atoms with Crippen molar-refractivity contribution in [2.75, 3.05) is 13.2 Å². The molecule has 1 aliphatic carbocycles. The van der Waals surface area contributed by atoms with Gasteiger partial charge in [0.05, 0.1) is 0 Å². The summed E-state index contributed by atoms with van der Waals surface area (Å²) in [4.78, 5) is 36.1. The zero-order chi connectivity index (χ0) is 25.6. The molecule has 7 heteroatoms. The van der Waals surface area contributed by atoms with E-state index < -0.39 is 18.1 Å². The molecule has 3 N–H and O–H groups in total. The molecule has 2 unspecified atom stereocenters. The molecule has 0 bridgehead atoms. The second-order valence-corrected chi connectivity index (χ2v) is 10.6. The van der Waals surface area contributed by atoms with Crippen LogP contribution in [-0.2, 0) is 14.3 Å². The molecule has 2 aromatic carbocycles. The molecular weight excluding hydrogens is 444 g/mol. The second-order valence-electron chi connectivity index (χ2n) is 10.6. The third-order valence-electron chi connectivity index (χ3n) is 6.23. The van der Waals surface area contributed by atoms with Crippen LogP contribution in [0, 0.1) is 11.3 Å². The largest absolute Gasteiger partial charge is 0.480 e. The molecule has 2 atom stereocenters. The molecule has 0 fully saturated rings. The van der Waals surface area contributed by atoms with Gasteiger partial charge in [-0.05, 0) is 46.4 Å². The number of aliphatic carboxylic acids is 1. The topological polar surface area (TPSA) is 105 Å². The Morgan fingerprint density at radius 2 is 1.57 bits per heavy atom. The highest BCUT2D eigenvalue weighted by molar-refractivity contribution is 5.83. The molecule has 0 aromatic heterocycles. The molecule has 2 amide bonds. The van der Waals surface area contributed by atoms with Gasteiger partial charge in [0.25, 0.3) is 0 Å². The van der Waals surface area contributed by atoms with Crippen molar-refractivity contribution in [1.82, 2.24) is 10.6 Å². The maximum absolute atomic E-state index is 12.3. The molecule has 0 radical (unpaired) electrons. The van der Waals surface area contributed by atoms with Gasteiger partial charge in [-0.2, -0.15) is 0 Å². The van der Waals surface area contributed by atoms with Crippen LogP contribution in [0.1, 0.15) is 64.0 Å². The van der Waals surface area contributed by atoms with Gasteiger partial charge in [0.15, 0.2) is 0 Å². The number of carbonyl (C=O) groups is 3. The van der Waals surface area contributed by atoms with E-state index in [1.165, 1.54) is 11.1 Å². The first-order chi connectivity index (χ1) is 16.5. The summed E-state index contributed by atoms with van der Waals surface area (Å²) in [6.45, 7) is 8.34. The van der Waals surface area contributed by atoms with E-state index in [0.29, 0.717) is 19.4 Å². The zero-order valence-electron chi connectivity index (χ0n) is 21.0. The molecule has 0 saturated heterocycles. The Labute approximate surface area is 207 Å². The molecule has 3 rings (SSSR count). The normalized spacial score (nSPS) is 14.4. The highest BCUT2D eigenvalue weighted by Crippen LogP contribution is 2.44. The number of hydrogen-bond donors (Lipinski definition) is 3. The Balaban J connectivity index is 1.41.